The first-order valence-electron chi connectivity index (χ1n) is 25.8. The molecule has 2 saturated heterocycles. The molecule has 12 heteroatoms. The number of benzene rings is 5. The Bertz CT molecular complexity index is 2690. The Labute approximate surface area is 424 Å². The van der Waals surface area contributed by atoms with E-state index in [9.17, 15) is 24.8 Å². The van der Waals surface area contributed by atoms with Crippen LogP contribution in [-0.4, -0.2) is 85.9 Å². The Balaban J connectivity index is 0.858. The zero-order chi connectivity index (χ0) is 51.0. The van der Waals surface area contributed by atoms with Crippen LogP contribution in [0.1, 0.15) is 164 Å². The van der Waals surface area contributed by atoms with E-state index in [1.165, 1.54) is 21.3 Å². The quantitative estimate of drug-likeness (QED) is 0.102. The summed E-state index contributed by atoms with van der Waals surface area (Å²) >= 11 is 0. The first-order chi connectivity index (χ1) is 34.1. The third-order valence-corrected chi connectivity index (χ3v) is 16.0. The van der Waals surface area contributed by atoms with Crippen molar-refractivity contribution in [1.29, 1.82) is 0 Å². The average molecular weight is 975 g/mol. The topological polar surface area (TPSA) is 132 Å². The Kier molecular flexibility index (Phi) is 12.7. The first-order valence-corrected chi connectivity index (χ1v) is 25.8. The lowest BCUT2D eigenvalue weighted by Gasteiger charge is -2.50. The summed E-state index contributed by atoms with van der Waals surface area (Å²) < 4.78 is 18.7. The van der Waals surface area contributed by atoms with Crippen LogP contribution in [-0.2, 0) is 45.7 Å². The lowest BCUT2D eigenvalue weighted by molar-refractivity contribution is -0.256. The van der Waals surface area contributed by atoms with Crippen molar-refractivity contribution >= 4 is 29.3 Å². The number of carbonyl (C=O) groups is 3. The summed E-state index contributed by atoms with van der Waals surface area (Å²) in [5, 5.41) is 24.2. The molecule has 0 amide bonds. The van der Waals surface area contributed by atoms with E-state index in [1.54, 1.807) is 0 Å². The van der Waals surface area contributed by atoms with Crippen LogP contribution in [0.2, 0.25) is 0 Å². The van der Waals surface area contributed by atoms with Crippen LogP contribution >= 0.6 is 0 Å². The first kappa shape index (κ1) is 49.5. The summed E-state index contributed by atoms with van der Waals surface area (Å²) in [4.78, 5) is 45.3. The van der Waals surface area contributed by atoms with Crippen molar-refractivity contribution in [1.82, 2.24) is 10.1 Å². The Morgan fingerprint density at radius 2 is 0.972 bits per heavy atom. The maximum Gasteiger partial charge on any atom is 0.340 e. The molecule has 5 heterocycles. The highest BCUT2D eigenvalue weighted by Gasteiger charge is 2.50. The summed E-state index contributed by atoms with van der Waals surface area (Å²) in [5.41, 5.74) is 7.88. The summed E-state index contributed by atoms with van der Waals surface area (Å²) in [7, 11) is 0. The standard InChI is InChI=1S/C60H70N4O8/c1-56(2)33-47(34-57(3,4)63(56)68)70-53(65)41-21-17-39(18-22-41)37-61-29-11-13-43-31-45(25-27-51(43)61)60(50-16-10-9-15-49(50)55(67)72-60)46-26-28-52-44(32-46)14-12-30-62(52)38-40-19-23-42(24-20-40)54(66)71-48-35-58(5,6)64(69)59(7,8)36-48/h9-10,15-28,31-32,47-48,68-69H,11-14,29-30,33-38H2,1-8H3. The minimum absolute atomic E-state index is 0.300. The summed E-state index contributed by atoms with van der Waals surface area (Å²) in [6.45, 7) is 18.8. The minimum atomic E-state index is -1.14. The van der Waals surface area contributed by atoms with Gasteiger partial charge in [-0.25, -0.2) is 14.4 Å². The molecule has 5 aliphatic heterocycles. The van der Waals surface area contributed by atoms with Crippen LogP contribution < -0.4 is 9.80 Å². The smallest absolute Gasteiger partial charge is 0.340 e. The number of piperidine rings is 2. The predicted octanol–water partition coefficient (Wildman–Crippen LogP) is 11.2. The van der Waals surface area contributed by atoms with E-state index in [0.29, 0.717) is 55.5 Å². The Morgan fingerprint density at radius 3 is 1.39 bits per heavy atom. The molecule has 72 heavy (non-hydrogen) atoms. The highest BCUT2D eigenvalue weighted by atomic mass is 16.6. The van der Waals surface area contributed by atoms with Gasteiger partial charge in [-0.1, -0.05) is 54.6 Å². The SMILES string of the molecule is CC1(C)CC(OC(=O)c2ccc(CN3CCCc4cc(C5(c6ccc7c(c6)CCCN7Cc6ccc(C(=O)OC7CC(C)(C)N(O)C(C)(C)C7)cc6)OC(=O)c6ccccc65)ccc43)cc2)CC(C)(C)N1O. The second-order valence-electron chi connectivity index (χ2n) is 23.5. The van der Waals surface area contributed by atoms with Crippen LogP contribution in [0.5, 0.6) is 0 Å². The molecular weight excluding hydrogens is 905 g/mol. The molecule has 0 bridgehead atoms. The Morgan fingerprint density at radius 1 is 0.569 bits per heavy atom. The molecule has 10 rings (SSSR count). The van der Waals surface area contributed by atoms with Gasteiger partial charge in [0.2, 0.25) is 0 Å². The van der Waals surface area contributed by atoms with Crippen LogP contribution in [0, 0.1) is 0 Å². The van der Waals surface area contributed by atoms with Gasteiger partial charge in [-0.3, -0.25) is 0 Å². The van der Waals surface area contributed by atoms with Crippen molar-refractivity contribution in [2.45, 2.75) is 160 Å². The van der Waals surface area contributed by atoms with Gasteiger partial charge < -0.3 is 34.4 Å². The third kappa shape index (κ3) is 9.20. The van der Waals surface area contributed by atoms with E-state index in [1.807, 2.05) is 128 Å². The molecule has 2 fully saturated rings. The van der Waals surface area contributed by atoms with Gasteiger partial charge in [0.15, 0.2) is 5.60 Å². The molecule has 0 saturated carbocycles. The van der Waals surface area contributed by atoms with Gasteiger partial charge in [-0.2, -0.15) is 10.1 Å². The monoisotopic (exact) mass is 975 g/mol. The second-order valence-corrected chi connectivity index (χ2v) is 23.5. The maximum absolute atomic E-state index is 13.9. The molecule has 378 valence electrons. The number of hydroxylamine groups is 4. The van der Waals surface area contributed by atoms with E-state index < -0.39 is 27.8 Å². The number of hydrogen-bond donors (Lipinski definition) is 2. The molecule has 5 aromatic carbocycles. The molecule has 2 N–H and O–H groups in total. The number of carbonyl (C=O) groups excluding carboxylic acids is 3. The van der Waals surface area contributed by atoms with E-state index in [0.717, 1.165) is 78.0 Å². The zero-order valence-electron chi connectivity index (χ0n) is 43.2. The summed E-state index contributed by atoms with van der Waals surface area (Å²) in [6, 6.07) is 36.3. The lowest BCUT2D eigenvalue weighted by Crippen LogP contribution is -2.60. The summed E-state index contributed by atoms with van der Waals surface area (Å²) in [5.74, 6) is -1.04. The largest absolute Gasteiger partial charge is 0.459 e. The number of cyclic esters (lactones) is 1. The van der Waals surface area contributed by atoms with Crippen molar-refractivity contribution in [2.75, 3.05) is 22.9 Å². The normalized spacial score (nSPS) is 21.3. The number of ether oxygens (including phenoxy) is 3. The highest BCUT2D eigenvalue weighted by molar-refractivity contribution is 5.96. The van der Waals surface area contributed by atoms with Crippen molar-refractivity contribution in [2.24, 2.45) is 0 Å². The fraction of sp³-hybridized carbons (Fsp3) is 0.450. The molecule has 0 unspecified atom stereocenters. The van der Waals surface area contributed by atoms with Gasteiger partial charge >= 0.3 is 17.9 Å². The van der Waals surface area contributed by atoms with Gasteiger partial charge in [0.05, 0.1) is 16.7 Å². The van der Waals surface area contributed by atoms with Gasteiger partial charge in [-0.05, 0) is 158 Å². The number of hydrogen-bond acceptors (Lipinski definition) is 12. The number of aryl methyl sites for hydroxylation is 2. The third-order valence-electron chi connectivity index (χ3n) is 16.0. The molecule has 0 aliphatic carbocycles. The van der Waals surface area contributed by atoms with Gasteiger partial charge in [0.1, 0.15) is 12.2 Å². The predicted molar refractivity (Wildman–Crippen MR) is 277 cm³/mol. The van der Waals surface area contributed by atoms with E-state index in [-0.39, 0.29) is 30.1 Å². The van der Waals surface area contributed by atoms with E-state index >= 15 is 0 Å². The van der Waals surface area contributed by atoms with Crippen molar-refractivity contribution in [3.63, 3.8) is 0 Å². The van der Waals surface area contributed by atoms with Crippen LogP contribution in [0.15, 0.2) is 109 Å². The fourth-order valence-corrected chi connectivity index (χ4v) is 12.8. The number of nitrogens with zero attached hydrogens (tertiary/aromatic N) is 4. The Hall–Kier alpha value is -6.05. The molecule has 0 atom stereocenters. The molecular formula is C60H70N4O8. The molecule has 0 aromatic heterocycles. The van der Waals surface area contributed by atoms with Gasteiger partial charge in [-0.15, -0.1) is 0 Å². The maximum atomic E-state index is 13.9. The van der Waals surface area contributed by atoms with Crippen molar-refractivity contribution in [3.8, 4) is 0 Å². The van der Waals surface area contributed by atoms with Crippen LogP contribution in [0.3, 0.4) is 0 Å². The number of rotatable bonds is 10. The fourth-order valence-electron chi connectivity index (χ4n) is 12.8. The summed E-state index contributed by atoms with van der Waals surface area (Å²) in [6.07, 6.45) is 5.28. The highest BCUT2D eigenvalue weighted by Crippen LogP contribution is 2.50. The van der Waals surface area contributed by atoms with Crippen molar-refractivity contribution < 1.29 is 39.0 Å². The zero-order valence-corrected chi connectivity index (χ0v) is 43.2. The number of esters is 3. The molecule has 0 spiro atoms. The second kappa shape index (κ2) is 18.5. The number of fused-ring (bicyclic) bond motifs is 3. The molecule has 12 nitrogen and oxygen atoms in total. The molecule has 0 radical (unpaired) electrons. The van der Waals surface area contributed by atoms with Crippen LogP contribution in [0.25, 0.3) is 0 Å². The van der Waals surface area contributed by atoms with Crippen LogP contribution in [0.4, 0.5) is 11.4 Å². The van der Waals surface area contributed by atoms with Crippen molar-refractivity contribution in [3.05, 3.63) is 165 Å². The average Bonchev–Trinajstić information content (AvgIpc) is 3.65. The van der Waals surface area contributed by atoms with Gasteiger partial charge in [0, 0.05) is 102 Å². The lowest BCUT2D eigenvalue weighted by atomic mass is 9.78. The number of anilines is 2. The van der Waals surface area contributed by atoms with E-state index in [2.05, 4.69) is 46.2 Å². The molecule has 5 aromatic rings. The van der Waals surface area contributed by atoms with Gasteiger partial charge in [0.25, 0.3) is 0 Å². The molecule has 5 aliphatic rings. The minimum Gasteiger partial charge on any atom is -0.459 e. The van der Waals surface area contributed by atoms with E-state index in [4.69, 9.17) is 14.2 Å².